The summed E-state index contributed by atoms with van der Waals surface area (Å²) in [5.74, 6) is 0.588. The van der Waals surface area contributed by atoms with Crippen LogP contribution in [0.25, 0.3) is 0 Å². The quantitative estimate of drug-likeness (QED) is 0.836. The smallest absolute Gasteiger partial charge is 0.237 e. The minimum Gasteiger partial charge on any atom is -0.487 e. The maximum absolute atomic E-state index is 12.9. The first-order chi connectivity index (χ1) is 11.2. The second-order valence-electron chi connectivity index (χ2n) is 6.52. The molecule has 0 radical (unpaired) electrons. The molecule has 2 heterocycles. The van der Waals surface area contributed by atoms with Gasteiger partial charge in [0.25, 0.3) is 0 Å². The molecule has 4 nitrogen and oxygen atoms in total. The summed E-state index contributed by atoms with van der Waals surface area (Å²) in [5, 5.41) is 0. The Bertz CT molecular complexity index is 528. The minimum atomic E-state index is -0.269. The molecule has 1 amide bonds. The molecule has 0 N–H and O–H groups in total. The first-order valence-corrected chi connectivity index (χ1v) is 8.59. The van der Waals surface area contributed by atoms with Crippen molar-refractivity contribution < 1.29 is 13.9 Å². The third-order valence-corrected chi connectivity index (χ3v) is 4.88. The number of likely N-dealkylation sites (tertiary alicyclic amines) is 2. The Kier molecular flexibility index (Phi) is 5.16. The number of carbonyl (C=O) groups excluding carboxylic acids is 1. The number of hydrogen-bond donors (Lipinski definition) is 0. The van der Waals surface area contributed by atoms with E-state index in [1.54, 1.807) is 12.1 Å². The molecular weight excluding hydrogens is 295 g/mol. The molecule has 0 aliphatic carbocycles. The van der Waals surface area contributed by atoms with Gasteiger partial charge in [-0.05, 0) is 50.1 Å². The number of piperidine rings is 1. The number of hydrogen-bond acceptors (Lipinski definition) is 3. The zero-order valence-electron chi connectivity index (χ0n) is 13.7. The lowest BCUT2D eigenvalue weighted by Crippen LogP contribution is -2.59. The number of carbonyl (C=O) groups is 1. The van der Waals surface area contributed by atoms with E-state index in [1.165, 1.54) is 31.4 Å². The molecule has 1 aromatic carbocycles. The van der Waals surface area contributed by atoms with E-state index in [9.17, 15) is 9.18 Å². The van der Waals surface area contributed by atoms with Gasteiger partial charge in [0, 0.05) is 6.04 Å². The molecular formula is C18H25FN2O2. The summed E-state index contributed by atoms with van der Waals surface area (Å²) in [6, 6.07) is 6.58. The van der Waals surface area contributed by atoms with Crippen LogP contribution in [0.5, 0.6) is 5.75 Å². The van der Waals surface area contributed by atoms with Crippen molar-refractivity contribution in [3.8, 4) is 5.75 Å². The summed E-state index contributed by atoms with van der Waals surface area (Å²) < 4.78 is 18.6. The molecule has 2 aliphatic rings. The molecule has 3 rings (SSSR count). The van der Waals surface area contributed by atoms with E-state index in [2.05, 4.69) is 11.8 Å². The maximum atomic E-state index is 12.9. The number of ether oxygens (including phenoxy) is 1. The molecule has 1 atom stereocenters. The fraction of sp³-hybridized carbons (Fsp3) is 0.611. The van der Waals surface area contributed by atoms with Gasteiger partial charge in [0.1, 0.15) is 17.7 Å². The molecule has 0 aromatic heterocycles. The Morgan fingerprint density at radius 2 is 2.00 bits per heavy atom. The predicted octanol–water partition coefficient (Wildman–Crippen LogP) is 2.68. The van der Waals surface area contributed by atoms with Gasteiger partial charge in [0.05, 0.1) is 19.6 Å². The number of halogens is 1. The molecule has 5 heteroatoms. The van der Waals surface area contributed by atoms with Crippen molar-refractivity contribution in [2.24, 2.45) is 0 Å². The van der Waals surface area contributed by atoms with Gasteiger partial charge in [-0.3, -0.25) is 9.69 Å². The molecule has 0 bridgehead atoms. The van der Waals surface area contributed by atoms with Gasteiger partial charge < -0.3 is 9.64 Å². The third kappa shape index (κ3) is 4.02. The second-order valence-corrected chi connectivity index (χ2v) is 6.52. The highest BCUT2D eigenvalue weighted by Crippen LogP contribution is 2.21. The van der Waals surface area contributed by atoms with Crippen molar-refractivity contribution in [1.82, 2.24) is 9.80 Å². The fourth-order valence-corrected chi connectivity index (χ4v) is 3.43. The van der Waals surface area contributed by atoms with Crippen LogP contribution in [0.1, 0.15) is 32.6 Å². The molecule has 0 unspecified atom stereocenters. The van der Waals surface area contributed by atoms with Crippen LogP contribution in [0.4, 0.5) is 4.39 Å². The average molecular weight is 320 g/mol. The highest BCUT2D eigenvalue weighted by atomic mass is 19.1. The lowest BCUT2D eigenvalue weighted by molar-refractivity contribution is -0.142. The highest BCUT2D eigenvalue weighted by Gasteiger charge is 2.34. The topological polar surface area (TPSA) is 32.8 Å². The van der Waals surface area contributed by atoms with E-state index < -0.39 is 0 Å². The van der Waals surface area contributed by atoms with E-state index >= 15 is 0 Å². The monoisotopic (exact) mass is 320 g/mol. The lowest BCUT2D eigenvalue weighted by atomic mass is 10.00. The largest absolute Gasteiger partial charge is 0.487 e. The summed E-state index contributed by atoms with van der Waals surface area (Å²) in [6.45, 7) is 5.01. The first kappa shape index (κ1) is 16.2. The predicted molar refractivity (Wildman–Crippen MR) is 86.9 cm³/mol. The van der Waals surface area contributed by atoms with Crippen molar-refractivity contribution in [2.75, 3.05) is 26.2 Å². The van der Waals surface area contributed by atoms with Crippen molar-refractivity contribution in [2.45, 2.75) is 44.8 Å². The van der Waals surface area contributed by atoms with Crippen LogP contribution in [0, 0.1) is 5.82 Å². The van der Waals surface area contributed by atoms with Crippen LogP contribution >= 0.6 is 0 Å². The van der Waals surface area contributed by atoms with Gasteiger partial charge >= 0.3 is 0 Å². The van der Waals surface area contributed by atoms with E-state index in [0.29, 0.717) is 31.4 Å². The Balaban J connectivity index is 1.43. The van der Waals surface area contributed by atoms with Crippen LogP contribution in [0.3, 0.4) is 0 Å². The first-order valence-electron chi connectivity index (χ1n) is 8.59. The minimum absolute atomic E-state index is 0.0211. The maximum Gasteiger partial charge on any atom is 0.237 e. The van der Waals surface area contributed by atoms with E-state index in [-0.39, 0.29) is 17.8 Å². The van der Waals surface area contributed by atoms with Crippen molar-refractivity contribution in [3.05, 3.63) is 30.1 Å². The molecule has 2 fully saturated rings. The Morgan fingerprint density at radius 3 is 2.70 bits per heavy atom. The molecule has 126 valence electrons. The van der Waals surface area contributed by atoms with E-state index in [4.69, 9.17) is 4.74 Å². The number of nitrogens with zero attached hydrogens (tertiary/aromatic N) is 2. The summed E-state index contributed by atoms with van der Waals surface area (Å²) in [7, 11) is 0. The number of benzene rings is 1. The zero-order valence-corrected chi connectivity index (χ0v) is 13.7. The van der Waals surface area contributed by atoms with Crippen molar-refractivity contribution in [1.29, 1.82) is 0 Å². The van der Waals surface area contributed by atoms with Crippen LogP contribution in [-0.2, 0) is 4.79 Å². The van der Waals surface area contributed by atoms with Gasteiger partial charge in [-0.1, -0.05) is 13.3 Å². The molecule has 1 aromatic rings. The zero-order chi connectivity index (χ0) is 16.2. The average Bonchev–Trinajstić information content (AvgIpc) is 2.52. The normalized spacial score (nSPS) is 22.7. The Hall–Kier alpha value is -1.62. The van der Waals surface area contributed by atoms with Gasteiger partial charge in [-0.15, -0.1) is 0 Å². The van der Waals surface area contributed by atoms with Crippen molar-refractivity contribution >= 4 is 5.91 Å². The molecule has 2 saturated heterocycles. The molecule has 0 spiro atoms. The van der Waals surface area contributed by atoms with Crippen LogP contribution in [-0.4, -0.2) is 54.0 Å². The molecule has 0 saturated carbocycles. The third-order valence-electron chi connectivity index (χ3n) is 4.88. The second kappa shape index (κ2) is 7.30. The van der Waals surface area contributed by atoms with Gasteiger partial charge in [-0.2, -0.15) is 0 Å². The van der Waals surface area contributed by atoms with Crippen LogP contribution in [0.15, 0.2) is 24.3 Å². The molecule has 2 aliphatic heterocycles. The fourth-order valence-electron chi connectivity index (χ4n) is 3.43. The van der Waals surface area contributed by atoms with Gasteiger partial charge in [0.2, 0.25) is 5.91 Å². The molecule has 23 heavy (non-hydrogen) atoms. The number of rotatable bonds is 5. The SMILES string of the molecule is CC[C@@H]1CCCCN1CC(=O)N1CC(Oc2ccc(F)cc2)C1. The van der Waals surface area contributed by atoms with Gasteiger partial charge in [0.15, 0.2) is 0 Å². The summed E-state index contributed by atoms with van der Waals surface area (Å²) in [4.78, 5) is 16.6. The lowest BCUT2D eigenvalue weighted by Gasteiger charge is -2.41. The highest BCUT2D eigenvalue weighted by molar-refractivity contribution is 5.79. The van der Waals surface area contributed by atoms with E-state index in [1.807, 2.05) is 4.90 Å². The summed E-state index contributed by atoms with van der Waals surface area (Å²) in [5.41, 5.74) is 0. The Morgan fingerprint density at radius 1 is 1.26 bits per heavy atom. The van der Waals surface area contributed by atoms with Gasteiger partial charge in [-0.25, -0.2) is 4.39 Å². The Labute approximate surface area is 137 Å². The standard InChI is InChI=1S/C18H25FN2O2/c1-2-15-5-3-4-10-20(15)13-18(22)21-11-17(12-21)23-16-8-6-14(19)7-9-16/h6-9,15,17H,2-5,10-13H2,1H3/t15-/m1/s1. The van der Waals surface area contributed by atoms with E-state index in [0.717, 1.165) is 13.0 Å². The summed E-state index contributed by atoms with van der Waals surface area (Å²) >= 11 is 0. The van der Waals surface area contributed by atoms with Crippen LogP contribution < -0.4 is 4.74 Å². The summed E-state index contributed by atoms with van der Waals surface area (Å²) in [6.07, 6.45) is 4.82. The van der Waals surface area contributed by atoms with Crippen LogP contribution in [0.2, 0.25) is 0 Å². The number of amides is 1. The van der Waals surface area contributed by atoms with Crippen molar-refractivity contribution in [3.63, 3.8) is 0 Å².